The molecule has 2 N–H and O–H groups in total. The molecule has 0 heterocycles. The number of benzene rings is 2. The first kappa shape index (κ1) is 18.7. The monoisotopic (exact) mass is 383 g/mol. The van der Waals surface area contributed by atoms with Crippen LogP contribution < -0.4 is 15.4 Å². The molecule has 6 nitrogen and oxygen atoms in total. The van der Waals surface area contributed by atoms with Crippen molar-refractivity contribution in [3.63, 3.8) is 0 Å². The number of halogens is 1. The minimum atomic E-state index is -1.10. The van der Waals surface area contributed by atoms with E-state index in [1.165, 1.54) is 7.11 Å². The Labute approximate surface area is 162 Å². The summed E-state index contributed by atoms with van der Waals surface area (Å²) in [6.07, 6.45) is 0.936. The highest BCUT2D eigenvalue weighted by molar-refractivity contribution is 6.31. The van der Waals surface area contributed by atoms with E-state index in [0.717, 1.165) is 5.56 Å². The van der Waals surface area contributed by atoms with Gasteiger partial charge in [0.15, 0.2) is 0 Å². The van der Waals surface area contributed by atoms with Crippen molar-refractivity contribution in [2.45, 2.75) is 19.8 Å². The number of hydrogen-bond donors (Lipinski definition) is 2. The van der Waals surface area contributed by atoms with E-state index in [4.69, 9.17) is 21.6 Å². The van der Waals surface area contributed by atoms with Crippen LogP contribution in [0.4, 0.5) is 11.4 Å². The largest absolute Gasteiger partial charge is 0.495 e. The number of aryl methyl sites for hydroxylation is 1. The summed E-state index contributed by atoms with van der Waals surface area (Å²) in [5.41, 5.74) is 1.20. The molecule has 0 unspecified atom stereocenters. The molecule has 1 aliphatic carbocycles. The Hall–Kier alpha value is -3.04. The van der Waals surface area contributed by atoms with Crippen LogP contribution in [0.2, 0.25) is 5.02 Å². The number of anilines is 2. The van der Waals surface area contributed by atoms with E-state index < -0.39 is 5.41 Å². The van der Waals surface area contributed by atoms with E-state index in [0.29, 0.717) is 40.6 Å². The Bertz CT molecular complexity index is 944. The predicted molar refractivity (Wildman–Crippen MR) is 103 cm³/mol. The normalized spacial score (nSPS) is 14.0. The van der Waals surface area contributed by atoms with E-state index in [1.54, 1.807) is 36.4 Å². The summed E-state index contributed by atoms with van der Waals surface area (Å²) in [6, 6.07) is 11.8. The maximum atomic E-state index is 12.8. The van der Waals surface area contributed by atoms with Gasteiger partial charge < -0.3 is 15.4 Å². The number of methoxy groups -OCH3 is 1. The number of nitrogens with zero attached hydrogens (tertiary/aromatic N) is 1. The van der Waals surface area contributed by atoms with Crippen molar-refractivity contribution in [1.29, 1.82) is 5.26 Å². The van der Waals surface area contributed by atoms with Crippen molar-refractivity contribution >= 4 is 34.8 Å². The topological polar surface area (TPSA) is 91.2 Å². The van der Waals surface area contributed by atoms with Crippen LogP contribution >= 0.6 is 11.6 Å². The van der Waals surface area contributed by atoms with Gasteiger partial charge in [-0.1, -0.05) is 11.6 Å². The molecule has 1 aliphatic rings. The van der Waals surface area contributed by atoms with Crippen LogP contribution in [0.5, 0.6) is 5.75 Å². The van der Waals surface area contributed by atoms with Gasteiger partial charge in [0, 0.05) is 16.8 Å². The molecule has 138 valence electrons. The second-order valence-corrected chi connectivity index (χ2v) is 6.89. The minimum absolute atomic E-state index is 0.366. The lowest BCUT2D eigenvalue weighted by atomic mass is 10.0. The molecule has 0 bridgehead atoms. The third-order valence-corrected chi connectivity index (χ3v) is 5.03. The molecule has 0 atom stereocenters. The first-order chi connectivity index (χ1) is 12.9. The summed E-state index contributed by atoms with van der Waals surface area (Å²) >= 11 is 6.09. The van der Waals surface area contributed by atoms with E-state index in [2.05, 4.69) is 10.6 Å². The molecule has 2 aromatic carbocycles. The number of ether oxygens (including phenoxy) is 1. The summed E-state index contributed by atoms with van der Waals surface area (Å²) in [5, 5.41) is 14.9. The molecule has 0 aliphatic heterocycles. The van der Waals surface area contributed by atoms with Gasteiger partial charge in [0.1, 0.15) is 11.2 Å². The van der Waals surface area contributed by atoms with Crippen LogP contribution in [0.15, 0.2) is 36.4 Å². The van der Waals surface area contributed by atoms with Crippen molar-refractivity contribution in [3.05, 3.63) is 52.5 Å². The first-order valence-electron chi connectivity index (χ1n) is 8.37. The number of carbonyl (C=O) groups excluding carboxylic acids is 2. The molecule has 0 radical (unpaired) electrons. The molecule has 1 fully saturated rings. The number of carbonyl (C=O) groups is 2. The summed E-state index contributed by atoms with van der Waals surface area (Å²) < 4.78 is 5.27. The van der Waals surface area contributed by atoms with E-state index in [-0.39, 0.29) is 11.8 Å². The molecule has 7 heteroatoms. The van der Waals surface area contributed by atoms with Crippen LogP contribution in [0.3, 0.4) is 0 Å². The third-order valence-electron chi connectivity index (χ3n) is 4.62. The molecule has 2 amide bonds. The highest BCUT2D eigenvalue weighted by Gasteiger charge is 2.56. The van der Waals surface area contributed by atoms with Crippen molar-refractivity contribution in [3.8, 4) is 11.8 Å². The summed E-state index contributed by atoms with van der Waals surface area (Å²) in [6.45, 7) is 1.82. The summed E-state index contributed by atoms with van der Waals surface area (Å²) in [7, 11) is 1.49. The zero-order valence-corrected chi connectivity index (χ0v) is 15.7. The van der Waals surface area contributed by atoms with Crippen molar-refractivity contribution in [2.75, 3.05) is 17.7 Å². The quantitative estimate of drug-likeness (QED) is 0.766. The zero-order valence-electron chi connectivity index (χ0n) is 14.9. The number of nitriles is 1. The average molecular weight is 384 g/mol. The van der Waals surface area contributed by atoms with Gasteiger partial charge in [-0.15, -0.1) is 0 Å². The van der Waals surface area contributed by atoms with E-state index >= 15 is 0 Å². The average Bonchev–Trinajstić information content (AvgIpc) is 3.47. The molecular formula is C20H18ClN3O3. The number of amides is 2. The number of hydrogen-bond acceptors (Lipinski definition) is 4. The molecule has 0 saturated heterocycles. The smallest absolute Gasteiger partial charge is 0.240 e. The Morgan fingerprint density at radius 3 is 2.33 bits per heavy atom. The van der Waals surface area contributed by atoms with Crippen molar-refractivity contribution < 1.29 is 14.3 Å². The third kappa shape index (κ3) is 3.74. The van der Waals surface area contributed by atoms with Crippen molar-refractivity contribution in [2.24, 2.45) is 5.41 Å². The van der Waals surface area contributed by atoms with Gasteiger partial charge in [0.05, 0.1) is 24.4 Å². The lowest BCUT2D eigenvalue weighted by Gasteiger charge is -2.17. The Morgan fingerprint density at radius 1 is 1.15 bits per heavy atom. The molecule has 1 saturated carbocycles. The lowest BCUT2D eigenvalue weighted by molar-refractivity contribution is -0.131. The lowest BCUT2D eigenvalue weighted by Crippen LogP contribution is -2.35. The van der Waals surface area contributed by atoms with E-state index in [1.807, 2.05) is 13.0 Å². The second-order valence-electron chi connectivity index (χ2n) is 6.48. The van der Waals surface area contributed by atoms with Gasteiger partial charge >= 0.3 is 0 Å². The Morgan fingerprint density at radius 2 is 1.78 bits per heavy atom. The maximum Gasteiger partial charge on any atom is 0.240 e. The van der Waals surface area contributed by atoms with Gasteiger partial charge in [-0.05, 0) is 55.7 Å². The van der Waals surface area contributed by atoms with Crippen LogP contribution in [0.1, 0.15) is 24.0 Å². The zero-order chi connectivity index (χ0) is 19.6. The fourth-order valence-corrected chi connectivity index (χ4v) is 2.89. The fourth-order valence-electron chi connectivity index (χ4n) is 2.73. The van der Waals surface area contributed by atoms with Gasteiger partial charge in [-0.3, -0.25) is 9.59 Å². The van der Waals surface area contributed by atoms with Crippen LogP contribution in [-0.2, 0) is 9.59 Å². The molecule has 0 spiro atoms. The number of rotatable bonds is 5. The molecule has 2 aromatic rings. The van der Waals surface area contributed by atoms with Gasteiger partial charge in [0.2, 0.25) is 11.8 Å². The standard InChI is InChI=1S/C20H18ClN3O3/c1-12-9-16(17(27-2)10-15(12)21)24-19(26)20(7-8-20)18(25)23-14-5-3-13(11-22)4-6-14/h3-6,9-10H,7-8H2,1-2H3,(H,23,25)(H,24,26). The highest BCUT2D eigenvalue weighted by Crippen LogP contribution is 2.48. The maximum absolute atomic E-state index is 12.8. The summed E-state index contributed by atoms with van der Waals surface area (Å²) in [4.78, 5) is 25.5. The van der Waals surface area contributed by atoms with Crippen LogP contribution in [-0.4, -0.2) is 18.9 Å². The predicted octanol–water partition coefficient (Wildman–Crippen LogP) is 3.89. The molecule has 27 heavy (non-hydrogen) atoms. The molecular weight excluding hydrogens is 366 g/mol. The van der Waals surface area contributed by atoms with Gasteiger partial charge in [-0.25, -0.2) is 0 Å². The Balaban J connectivity index is 1.75. The van der Waals surface area contributed by atoms with Gasteiger partial charge in [0.25, 0.3) is 0 Å². The minimum Gasteiger partial charge on any atom is -0.495 e. The van der Waals surface area contributed by atoms with E-state index in [9.17, 15) is 9.59 Å². The van der Waals surface area contributed by atoms with Crippen LogP contribution in [0, 0.1) is 23.7 Å². The number of nitrogens with one attached hydrogen (secondary N) is 2. The Kier molecular flexibility index (Phi) is 5.06. The highest BCUT2D eigenvalue weighted by atomic mass is 35.5. The molecule has 0 aromatic heterocycles. The fraction of sp³-hybridized carbons (Fsp3) is 0.250. The van der Waals surface area contributed by atoms with Gasteiger partial charge in [-0.2, -0.15) is 5.26 Å². The first-order valence-corrected chi connectivity index (χ1v) is 8.74. The second kappa shape index (κ2) is 7.29. The SMILES string of the molecule is COc1cc(Cl)c(C)cc1NC(=O)C1(C(=O)Nc2ccc(C#N)cc2)CC1. The van der Waals surface area contributed by atoms with Crippen molar-refractivity contribution in [1.82, 2.24) is 0 Å². The summed E-state index contributed by atoms with van der Waals surface area (Å²) in [5.74, 6) is -0.315. The van der Waals surface area contributed by atoms with Crippen LogP contribution in [0.25, 0.3) is 0 Å². The molecule has 3 rings (SSSR count).